The Labute approximate surface area is 132 Å². The van der Waals surface area contributed by atoms with Gasteiger partial charge in [-0.25, -0.2) is 0 Å². The van der Waals surface area contributed by atoms with Crippen LogP contribution in [0.3, 0.4) is 0 Å². The van der Waals surface area contributed by atoms with Gasteiger partial charge < -0.3 is 10.2 Å². The molecule has 108 valence electrons. The van der Waals surface area contributed by atoms with Crippen molar-refractivity contribution in [3.05, 3.63) is 34.3 Å². The Kier molecular flexibility index (Phi) is 4.68. The first-order valence-corrected chi connectivity index (χ1v) is 9.05. The Hall–Kier alpha value is -0.520. The van der Waals surface area contributed by atoms with Gasteiger partial charge >= 0.3 is 0 Å². The van der Waals surface area contributed by atoms with Gasteiger partial charge in [-0.2, -0.15) is 11.8 Å². The van der Waals surface area contributed by atoms with Crippen molar-refractivity contribution in [2.75, 3.05) is 18.1 Å². The molecule has 1 heterocycles. The third kappa shape index (κ3) is 3.38. The molecule has 2 fully saturated rings. The Morgan fingerprint density at radius 3 is 2.85 bits per heavy atom. The summed E-state index contributed by atoms with van der Waals surface area (Å²) in [4.78, 5) is 14.8. The molecular formula is C15H19BrN2OS. The molecule has 3 nitrogen and oxygen atoms in total. The van der Waals surface area contributed by atoms with Gasteiger partial charge in [0.1, 0.15) is 0 Å². The monoisotopic (exact) mass is 354 g/mol. The minimum absolute atomic E-state index is 0.00293. The van der Waals surface area contributed by atoms with Crippen molar-refractivity contribution in [2.45, 2.75) is 31.5 Å². The topological polar surface area (TPSA) is 32.3 Å². The van der Waals surface area contributed by atoms with Gasteiger partial charge in [0, 0.05) is 35.1 Å². The van der Waals surface area contributed by atoms with Crippen LogP contribution < -0.4 is 5.32 Å². The quantitative estimate of drug-likeness (QED) is 0.901. The predicted octanol–water partition coefficient (Wildman–Crippen LogP) is 2.65. The van der Waals surface area contributed by atoms with Crippen molar-refractivity contribution in [2.24, 2.45) is 0 Å². The number of nitrogens with zero attached hydrogens (tertiary/aromatic N) is 1. The van der Waals surface area contributed by atoms with Gasteiger partial charge in [-0.15, -0.1) is 0 Å². The van der Waals surface area contributed by atoms with E-state index in [9.17, 15) is 4.79 Å². The molecular weight excluding hydrogens is 336 g/mol. The van der Waals surface area contributed by atoms with Crippen LogP contribution in [0.15, 0.2) is 28.7 Å². The van der Waals surface area contributed by atoms with Crippen LogP contribution in [-0.4, -0.2) is 40.9 Å². The molecule has 5 heteroatoms. The maximum absolute atomic E-state index is 12.7. The Morgan fingerprint density at radius 1 is 1.40 bits per heavy atom. The molecule has 1 amide bonds. The summed E-state index contributed by atoms with van der Waals surface area (Å²) >= 11 is 5.45. The van der Waals surface area contributed by atoms with Crippen LogP contribution in [0.5, 0.6) is 0 Å². The third-order valence-electron chi connectivity index (χ3n) is 3.79. The summed E-state index contributed by atoms with van der Waals surface area (Å²) in [5, 5.41) is 3.36. The van der Waals surface area contributed by atoms with Crippen molar-refractivity contribution in [3.8, 4) is 0 Å². The second-order valence-corrected chi connectivity index (χ2v) is 7.37. The van der Waals surface area contributed by atoms with E-state index in [0.29, 0.717) is 12.6 Å². The van der Waals surface area contributed by atoms with Crippen molar-refractivity contribution < 1.29 is 4.79 Å². The van der Waals surface area contributed by atoms with E-state index < -0.39 is 0 Å². The first-order chi connectivity index (χ1) is 9.75. The van der Waals surface area contributed by atoms with E-state index in [0.717, 1.165) is 35.4 Å². The largest absolute Gasteiger partial charge is 0.334 e. The number of nitrogens with one attached hydrogen (secondary N) is 1. The van der Waals surface area contributed by atoms with Crippen LogP contribution in [0, 0.1) is 0 Å². The van der Waals surface area contributed by atoms with E-state index in [2.05, 4.69) is 32.2 Å². The third-order valence-corrected chi connectivity index (χ3v) is 5.62. The Bertz CT molecular complexity index is 487. The number of halogens is 1. The zero-order valence-corrected chi connectivity index (χ0v) is 13.8. The highest BCUT2D eigenvalue weighted by Gasteiger charge is 2.36. The van der Waals surface area contributed by atoms with E-state index >= 15 is 0 Å². The molecule has 1 atom stereocenters. The first kappa shape index (κ1) is 14.4. The molecule has 0 radical (unpaired) electrons. The second kappa shape index (κ2) is 6.50. The fourth-order valence-corrected chi connectivity index (χ4v) is 3.84. The first-order valence-electron chi connectivity index (χ1n) is 7.11. The summed E-state index contributed by atoms with van der Waals surface area (Å²) in [6, 6.07) is 8.62. The Balaban J connectivity index is 1.72. The van der Waals surface area contributed by atoms with Gasteiger partial charge in [0.2, 0.25) is 5.91 Å². The summed E-state index contributed by atoms with van der Waals surface area (Å²) in [6.07, 6.45) is 2.30. The number of amides is 1. The summed E-state index contributed by atoms with van der Waals surface area (Å²) in [6.45, 7) is 1.66. The van der Waals surface area contributed by atoms with E-state index in [1.54, 1.807) is 0 Å². The lowest BCUT2D eigenvalue weighted by molar-refractivity contribution is -0.134. The minimum atomic E-state index is -0.00293. The number of hydrogen-bond donors (Lipinski definition) is 1. The molecule has 1 saturated carbocycles. The van der Waals surface area contributed by atoms with Crippen molar-refractivity contribution in [1.29, 1.82) is 0 Å². The highest BCUT2D eigenvalue weighted by atomic mass is 79.9. The van der Waals surface area contributed by atoms with E-state index in [1.165, 1.54) is 5.56 Å². The van der Waals surface area contributed by atoms with Crippen LogP contribution in [-0.2, 0) is 11.3 Å². The molecule has 1 saturated heterocycles. The molecule has 1 aliphatic carbocycles. The zero-order chi connectivity index (χ0) is 13.9. The molecule has 1 unspecified atom stereocenters. The molecule has 2 aliphatic rings. The molecule has 1 aromatic carbocycles. The molecule has 1 aromatic rings. The normalized spacial score (nSPS) is 22.6. The minimum Gasteiger partial charge on any atom is -0.334 e. The molecule has 20 heavy (non-hydrogen) atoms. The fourth-order valence-electron chi connectivity index (χ4n) is 2.51. The van der Waals surface area contributed by atoms with Gasteiger partial charge in [0.15, 0.2) is 0 Å². The van der Waals surface area contributed by atoms with Crippen molar-refractivity contribution in [1.82, 2.24) is 10.2 Å². The maximum Gasteiger partial charge on any atom is 0.241 e. The van der Waals surface area contributed by atoms with Gasteiger partial charge in [0.25, 0.3) is 0 Å². The van der Waals surface area contributed by atoms with E-state index in [4.69, 9.17) is 0 Å². The van der Waals surface area contributed by atoms with Crippen LogP contribution >= 0.6 is 27.7 Å². The van der Waals surface area contributed by atoms with Gasteiger partial charge in [0.05, 0.1) is 6.04 Å². The highest BCUT2D eigenvalue weighted by molar-refractivity contribution is 9.10. The van der Waals surface area contributed by atoms with Crippen LogP contribution in [0.2, 0.25) is 0 Å². The number of carbonyl (C=O) groups is 1. The molecule has 1 aliphatic heterocycles. The van der Waals surface area contributed by atoms with Crippen LogP contribution in [0.4, 0.5) is 0 Å². The predicted molar refractivity (Wildman–Crippen MR) is 86.8 cm³/mol. The Morgan fingerprint density at radius 2 is 2.20 bits per heavy atom. The number of rotatable bonds is 4. The summed E-state index contributed by atoms with van der Waals surface area (Å²) in [5.74, 6) is 2.28. The van der Waals surface area contributed by atoms with Gasteiger partial charge in [-0.1, -0.05) is 34.1 Å². The average Bonchev–Trinajstić information content (AvgIpc) is 3.31. The molecule has 0 aromatic heterocycles. The van der Waals surface area contributed by atoms with Crippen molar-refractivity contribution in [3.63, 3.8) is 0 Å². The maximum atomic E-state index is 12.7. The standard InChI is InChI=1S/C15H19BrN2OS/c16-13-4-2-1-3-11(13)9-18(12-5-6-12)15(19)14-10-20-8-7-17-14/h1-4,12,14,17H,5-10H2. The SMILES string of the molecule is O=C(C1CSCCN1)N(Cc1ccccc1Br)C1CC1. The number of thioether (sulfide) groups is 1. The van der Waals surface area contributed by atoms with Crippen LogP contribution in [0.25, 0.3) is 0 Å². The summed E-state index contributed by atoms with van der Waals surface area (Å²) in [7, 11) is 0. The lowest BCUT2D eigenvalue weighted by Gasteiger charge is -2.30. The number of hydrogen-bond acceptors (Lipinski definition) is 3. The van der Waals surface area contributed by atoms with Gasteiger partial charge in [-0.05, 0) is 24.5 Å². The van der Waals surface area contributed by atoms with E-state index in [-0.39, 0.29) is 11.9 Å². The molecule has 3 rings (SSSR count). The van der Waals surface area contributed by atoms with Crippen LogP contribution in [0.1, 0.15) is 18.4 Å². The van der Waals surface area contributed by atoms with E-state index in [1.807, 2.05) is 30.0 Å². The average molecular weight is 355 g/mol. The number of benzene rings is 1. The molecule has 0 bridgehead atoms. The smallest absolute Gasteiger partial charge is 0.241 e. The lowest BCUT2D eigenvalue weighted by Crippen LogP contribution is -2.51. The summed E-state index contributed by atoms with van der Waals surface area (Å²) < 4.78 is 1.09. The van der Waals surface area contributed by atoms with Crippen molar-refractivity contribution >= 4 is 33.6 Å². The molecule has 0 spiro atoms. The fraction of sp³-hybridized carbons (Fsp3) is 0.533. The van der Waals surface area contributed by atoms with Gasteiger partial charge in [-0.3, -0.25) is 4.79 Å². The molecule has 1 N–H and O–H groups in total. The zero-order valence-electron chi connectivity index (χ0n) is 11.3. The number of carbonyl (C=O) groups excluding carboxylic acids is 1. The second-order valence-electron chi connectivity index (χ2n) is 5.37. The highest BCUT2D eigenvalue weighted by Crippen LogP contribution is 2.31. The lowest BCUT2D eigenvalue weighted by atomic mass is 10.2. The summed E-state index contributed by atoms with van der Waals surface area (Å²) in [5.41, 5.74) is 1.19.